The molecule has 0 bridgehead atoms. The topological polar surface area (TPSA) is 67.9 Å². The molecule has 0 fully saturated rings. The maximum absolute atomic E-state index is 13.2. The smallest absolute Gasteiger partial charge is 0.261 e. The molecule has 0 saturated heterocycles. The Bertz CT molecular complexity index is 905. The average molecular weight is 481 g/mol. The first kappa shape index (κ1) is 25.8. The SMILES string of the molecule is CC[C@@H](C)NC(=O)[C@@H](CC)N(Cc1ccc(OC)cc1)C(=O)COc1ccc(Cl)cc1Cl. The Morgan fingerprint density at radius 2 is 1.75 bits per heavy atom. The molecule has 2 atom stereocenters. The third kappa shape index (κ3) is 7.31. The first-order chi connectivity index (χ1) is 15.3. The van der Waals surface area contributed by atoms with Crippen molar-refractivity contribution >= 4 is 35.0 Å². The van der Waals surface area contributed by atoms with Crippen LogP contribution in [0.1, 0.15) is 39.2 Å². The maximum atomic E-state index is 13.2. The van der Waals surface area contributed by atoms with Crippen molar-refractivity contribution in [1.29, 1.82) is 0 Å². The van der Waals surface area contributed by atoms with E-state index in [2.05, 4.69) is 5.32 Å². The zero-order chi connectivity index (χ0) is 23.7. The van der Waals surface area contributed by atoms with Crippen LogP contribution < -0.4 is 14.8 Å². The number of nitrogens with zero attached hydrogens (tertiary/aromatic N) is 1. The molecule has 0 aromatic heterocycles. The lowest BCUT2D eigenvalue weighted by atomic mass is 10.1. The minimum Gasteiger partial charge on any atom is -0.497 e. The monoisotopic (exact) mass is 480 g/mol. The fourth-order valence-corrected chi connectivity index (χ4v) is 3.57. The largest absolute Gasteiger partial charge is 0.497 e. The molecule has 0 saturated carbocycles. The molecule has 2 aromatic rings. The van der Waals surface area contributed by atoms with Crippen LogP contribution in [0, 0.1) is 0 Å². The number of carbonyl (C=O) groups excluding carboxylic acids is 2. The Morgan fingerprint density at radius 1 is 1.06 bits per heavy atom. The number of amides is 2. The quantitative estimate of drug-likeness (QED) is 0.485. The Hall–Kier alpha value is -2.44. The zero-order valence-corrected chi connectivity index (χ0v) is 20.4. The molecule has 0 aliphatic carbocycles. The molecule has 0 aliphatic heterocycles. The van der Waals surface area contributed by atoms with Gasteiger partial charge in [0.1, 0.15) is 17.5 Å². The van der Waals surface area contributed by atoms with Crippen molar-refractivity contribution < 1.29 is 19.1 Å². The Morgan fingerprint density at radius 3 is 2.31 bits per heavy atom. The molecule has 8 heteroatoms. The van der Waals surface area contributed by atoms with E-state index in [-0.39, 0.29) is 31.0 Å². The Balaban J connectivity index is 2.23. The molecule has 0 aliphatic rings. The third-order valence-electron chi connectivity index (χ3n) is 5.14. The van der Waals surface area contributed by atoms with Crippen molar-refractivity contribution in [3.05, 3.63) is 58.1 Å². The number of methoxy groups -OCH3 is 1. The average Bonchev–Trinajstić information content (AvgIpc) is 2.78. The van der Waals surface area contributed by atoms with Crippen molar-refractivity contribution in [3.63, 3.8) is 0 Å². The molecule has 2 aromatic carbocycles. The second kappa shape index (κ2) is 12.6. The number of rotatable bonds is 11. The van der Waals surface area contributed by atoms with E-state index >= 15 is 0 Å². The third-order valence-corrected chi connectivity index (χ3v) is 5.67. The fourth-order valence-electron chi connectivity index (χ4n) is 3.10. The van der Waals surface area contributed by atoms with Gasteiger partial charge in [-0.25, -0.2) is 0 Å². The predicted molar refractivity (Wildman–Crippen MR) is 127 cm³/mol. The molecular formula is C24H30Cl2N2O4. The Labute approximate surface area is 199 Å². The summed E-state index contributed by atoms with van der Waals surface area (Å²) in [4.78, 5) is 27.7. The normalized spacial score (nSPS) is 12.6. The van der Waals surface area contributed by atoms with Gasteiger partial charge in [0.2, 0.25) is 5.91 Å². The van der Waals surface area contributed by atoms with Crippen LogP contribution in [0.5, 0.6) is 11.5 Å². The van der Waals surface area contributed by atoms with Gasteiger partial charge in [-0.05, 0) is 55.7 Å². The van der Waals surface area contributed by atoms with Crippen LogP contribution in [0.2, 0.25) is 10.0 Å². The molecule has 0 heterocycles. The van der Waals surface area contributed by atoms with Gasteiger partial charge in [0.05, 0.1) is 12.1 Å². The maximum Gasteiger partial charge on any atom is 0.261 e. The highest BCUT2D eigenvalue weighted by molar-refractivity contribution is 6.35. The van der Waals surface area contributed by atoms with Crippen molar-refractivity contribution in [2.24, 2.45) is 0 Å². The lowest BCUT2D eigenvalue weighted by Gasteiger charge is -2.31. The number of carbonyl (C=O) groups is 2. The van der Waals surface area contributed by atoms with Gasteiger partial charge in [-0.3, -0.25) is 9.59 Å². The van der Waals surface area contributed by atoms with Crippen LogP contribution in [0.15, 0.2) is 42.5 Å². The van der Waals surface area contributed by atoms with Gasteiger partial charge in [-0.15, -0.1) is 0 Å². The van der Waals surface area contributed by atoms with E-state index in [4.69, 9.17) is 32.7 Å². The van der Waals surface area contributed by atoms with Crippen LogP contribution in [-0.4, -0.2) is 42.5 Å². The summed E-state index contributed by atoms with van der Waals surface area (Å²) in [5, 5.41) is 3.77. The van der Waals surface area contributed by atoms with Gasteiger partial charge in [-0.1, -0.05) is 49.2 Å². The molecule has 1 N–H and O–H groups in total. The summed E-state index contributed by atoms with van der Waals surface area (Å²) < 4.78 is 10.9. The molecule has 0 unspecified atom stereocenters. The number of hydrogen-bond acceptors (Lipinski definition) is 4. The number of halogens is 2. The van der Waals surface area contributed by atoms with E-state index in [0.717, 1.165) is 12.0 Å². The van der Waals surface area contributed by atoms with Crippen LogP contribution in [0.3, 0.4) is 0 Å². The predicted octanol–water partition coefficient (Wildman–Crippen LogP) is 5.10. The summed E-state index contributed by atoms with van der Waals surface area (Å²) in [5.41, 5.74) is 0.874. The summed E-state index contributed by atoms with van der Waals surface area (Å²) >= 11 is 12.1. The van der Waals surface area contributed by atoms with Gasteiger partial charge >= 0.3 is 0 Å². The van der Waals surface area contributed by atoms with Crippen molar-refractivity contribution in [2.75, 3.05) is 13.7 Å². The van der Waals surface area contributed by atoms with Crippen LogP contribution in [0.4, 0.5) is 0 Å². The van der Waals surface area contributed by atoms with Gasteiger partial charge in [0.15, 0.2) is 6.61 Å². The van der Waals surface area contributed by atoms with E-state index in [1.165, 1.54) is 0 Å². The van der Waals surface area contributed by atoms with Crippen molar-refractivity contribution in [2.45, 2.75) is 52.2 Å². The summed E-state index contributed by atoms with van der Waals surface area (Å²) in [5.74, 6) is 0.561. The standard InChI is InChI=1S/C24H30Cl2N2O4/c1-5-16(3)27-24(30)21(6-2)28(14-17-7-10-19(31-4)11-8-17)23(29)15-32-22-12-9-18(25)13-20(22)26/h7-13,16,21H,5-6,14-15H2,1-4H3,(H,27,30)/t16-,21-/m1/s1. The molecule has 32 heavy (non-hydrogen) atoms. The van der Waals surface area contributed by atoms with Gasteiger partial charge in [0.25, 0.3) is 5.91 Å². The lowest BCUT2D eigenvalue weighted by Crippen LogP contribution is -2.51. The lowest BCUT2D eigenvalue weighted by molar-refractivity contribution is -0.143. The van der Waals surface area contributed by atoms with Crippen molar-refractivity contribution in [3.8, 4) is 11.5 Å². The highest BCUT2D eigenvalue weighted by Crippen LogP contribution is 2.27. The molecule has 2 amide bonds. The number of ether oxygens (including phenoxy) is 2. The molecule has 2 rings (SSSR count). The van der Waals surface area contributed by atoms with Gasteiger partial charge in [0, 0.05) is 17.6 Å². The van der Waals surface area contributed by atoms with Gasteiger partial charge in [-0.2, -0.15) is 0 Å². The number of nitrogens with one attached hydrogen (secondary N) is 1. The first-order valence-corrected chi connectivity index (χ1v) is 11.3. The Kier molecular flexibility index (Phi) is 10.1. The molecule has 0 spiro atoms. The summed E-state index contributed by atoms with van der Waals surface area (Å²) in [6.07, 6.45) is 1.26. The summed E-state index contributed by atoms with van der Waals surface area (Å²) in [6.45, 7) is 5.81. The van der Waals surface area contributed by atoms with Crippen LogP contribution in [-0.2, 0) is 16.1 Å². The second-order valence-corrected chi connectivity index (χ2v) is 8.32. The first-order valence-electron chi connectivity index (χ1n) is 10.6. The van der Waals surface area contributed by atoms with E-state index < -0.39 is 6.04 Å². The van der Waals surface area contributed by atoms with Crippen LogP contribution in [0.25, 0.3) is 0 Å². The zero-order valence-electron chi connectivity index (χ0n) is 18.9. The number of hydrogen-bond donors (Lipinski definition) is 1. The van der Waals surface area contributed by atoms with Gasteiger partial charge < -0.3 is 19.7 Å². The van der Waals surface area contributed by atoms with E-state index in [9.17, 15) is 9.59 Å². The van der Waals surface area contributed by atoms with Crippen LogP contribution >= 0.6 is 23.2 Å². The molecular weight excluding hydrogens is 451 g/mol. The minimum absolute atomic E-state index is 0.0126. The van der Waals surface area contributed by atoms with E-state index in [0.29, 0.717) is 28.0 Å². The van der Waals surface area contributed by atoms with E-state index in [1.54, 1.807) is 30.2 Å². The highest BCUT2D eigenvalue weighted by atomic mass is 35.5. The second-order valence-electron chi connectivity index (χ2n) is 7.48. The summed E-state index contributed by atoms with van der Waals surface area (Å²) in [7, 11) is 1.59. The summed E-state index contributed by atoms with van der Waals surface area (Å²) in [6, 6.07) is 11.6. The minimum atomic E-state index is -0.636. The molecule has 0 radical (unpaired) electrons. The molecule has 6 nitrogen and oxygen atoms in total. The fraction of sp³-hybridized carbons (Fsp3) is 0.417. The van der Waals surface area contributed by atoms with Crippen molar-refractivity contribution in [1.82, 2.24) is 10.2 Å². The number of benzene rings is 2. The molecule has 174 valence electrons. The van der Waals surface area contributed by atoms with E-state index in [1.807, 2.05) is 45.0 Å². The highest BCUT2D eigenvalue weighted by Gasteiger charge is 2.29.